The van der Waals surface area contributed by atoms with E-state index in [-0.39, 0.29) is 5.82 Å². The van der Waals surface area contributed by atoms with Crippen molar-refractivity contribution in [2.45, 2.75) is 79.6 Å². The third-order valence-corrected chi connectivity index (χ3v) is 6.52. The SMILES string of the molecule is CC(C)N(C(C)C)P(Oc1ccc(F)cc1)N(C(C)C)C(C)C. The Kier molecular flexibility index (Phi) is 7.93. The third-order valence-electron chi connectivity index (χ3n) is 3.51. The van der Waals surface area contributed by atoms with Gasteiger partial charge in [-0.3, -0.25) is 0 Å². The predicted octanol–water partition coefficient (Wildman–Crippen LogP) is 5.67. The van der Waals surface area contributed by atoms with Gasteiger partial charge in [0, 0.05) is 24.2 Å². The van der Waals surface area contributed by atoms with Gasteiger partial charge in [0.05, 0.1) is 0 Å². The summed E-state index contributed by atoms with van der Waals surface area (Å²) in [7, 11) is -0.987. The minimum Gasteiger partial charge on any atom is -0.444 e. The van der Waals surface area contributed by atoms with Crippen molar-refractivity contribution in [3.8, 4) is 5.75 Å². The highest BCUT2D eigenvalue weighted by Crippen LogP contribution is 2.50. The highest BCUT2D eigenvalue weighted by molar-refractivity contribution is 7.47. The molecule has 0 aliphatic rings. The molecule has 0 saturated carbocycles. The van der Waals surface area contributed by atoms with Crippen LogP contribution in [0.2, 0.25) is 0 Å². The Balaban J connectivity index is 3.20. The van der Waals surface area contributed by atoms with Crippen molar-refractivity contribution in [1.29, 1.82) is 0 Å². The Hall–Kier alpha value is -0.700. The van der Waals surface area contributed by atoms with Crippen LogP contribution in [0.25, 0.3) is 0 Å². The first-order valence-corrected chi connectivity index (χ1v) is 9.61. The van der Waals surface area contributed by atoms with Crippen LogP contribution in [0.4, 0.5) is 4.39 Å². The lowest BCUT2D eigenvalue weighted by Gasteiger charge is -2.45. The van der Waals surface area contributed by atoms with E-state index in [2.05, 4.69) is 64.7 Å². The number of hydrogen-bond acceptors (Lipinski definition) is 3. The van der Waals surface area contributed by atoms with Gasteiger partial charge in [0.15, 0.2) is 0 Å². The van der Waals surface area contributed by atoms with Crippen LogP contribution in [-0.4, -0.2) is 33.5 Å². The van der Waals surface area contributed by atoms with Gasteiger partial charge in [-0.15, -0.1) is 0 Å². The predicted molar refractivity (Wildman–Crippen MR) is 98.2 cm³/mol. The molecule has 0 aliphatic heterocycles. The number of benzene rings is 1. The third kappa shape index (κ3) is 5.70. The quantitative estimate of drug-likeness (QED) is 0.566. The second kappa shape index (κ2) is 8.96. The molecule has 1 aromatic rings. The molecule has 0 N–H and O–H groups in total. The molecule has 0 unspecified atom stereocenters. The van der Waals surface area contributed by atoms with Crippen molar-refractivity contribution in [2.24, 2.45) is 0 Å². The molecule has 0 radical (unpaired) electrons. The fraction of sp³-hybridized carbons (Fsp3) is 0.667. The molecule has 0 aliphatic carbocycles. The lowest BCUT2D eigenvalue weighted by Crippen LogP contribution is -2.44. The normalized spacial score (nSPS) is 12.7. The van der Waals surface area contributed by atoms with Crippen LogP contribution in [0, 0.1) is 5.82 Å². The van der Waals surface area contributed by atoms with Gasteiger partial charge in [-0.1, -0.05) is 0 Å². The van der Waals surface area contributed by atoms with Gasteiger partial charge >= 0.3 is 0 Å². The minimum absolute atomic E-state index is 0.240. The molecular weight excluding hydrogens is 310 g/mol. The molecule has 1 aromatic carbocycles. The molecule has 1 rings (SSSR count). The van der Waals surface area contributed by atoms with Gasteiger partial charge in [-0.25, -0.2) is 13.7 Å². The van der Waals surface area contributed by atoms with Crippen LogP contribution >= 0.6 is 8.45 Å². The maximum Gasteiger partial charge on any atom is 0.249 e. The number of nitrogens with zero attached hydrogens (tertiary/aromatic N) is 2. The minimum atomic E-state index is -0.987. The maximum atomic E-state index is 13.2. The summed E-state index contributed by atoms with van der Waals surface area (Å²) in [6.07, 6.45) is 0. The van der Waals surface area contributed by atoms with Crippen molar-refractivity contribution in [1.82, 2.24) is 9.34 Å². The van der Waals surface area contributed by atoms with E-state index >= 15 is 0 Å². The number of hydrogen-bond donors (Lipinski definition) is 0. The van der Waals surface area contributed by atoms with Gasteiger partial charge in [0.1, 0.15) is 11.6 Å². The van der Waals surface area contributed by atoms with E-state index in [1.165, 1.54) is 12.1 Å². The molecule has 0 aromatic heterocycles. The molecule has 132 valence electrons. The summed E-state index contributed by atoms with van der Waals surface area (Å²) in [6.45, 7) is 17.6. The maximum absolute atomic E-state index is 13.2. The van der Waals surface area contributed by atoms with E-state index < -0.39 is 8.45 Å². The number of rotatable bonds is 8. The lowest BCUT2D eigenvalue weighted by molar-refractivity contribution is 0.225. The zero-order valence-electron chi connectivity index (χ0n) is 15.7. The molecule has 0 heterocycles. The summed E-state index contributed by atoms with van der Waals surface area (Å²) in [5.74, 6) is 0.478. The van der Waals surface area contributed by atoms with Gasteiger partial charge in [-0.05, 0) is 79.7 Å². The standard InChI is InChI=1S/C18H32FN2OP/c1-13(2)20(14(3)4)23(21(15(5)6)16(7)8)22-18-11-9-17(19)10-12-18/h9-16H,1-8H3. The Labute approximate surface area is 142 Å². The number of halogens is 1. The van der Waals surface area contributed by atoms with E-state index in [9.17, 15) is 4.39 Å². The molecule has 0 fully saturated rings. The Morgan fingerprint density at radius 3 is 1.39 bits per heavy atom. The first-order valence-electron chi connectivity index (χ1n) is 8.45. The highest BCUT2D eigenvalue weighted by atomic mass is 31.2. The fourth-order valence-electron chi connectivity index (χ4n) is 2.79. The van der Waals surface area contributed by atoms with Crippen LogP contribution in [0.5, 0.6) is 5.75 Å². The molecule has 5 heteroatoms. The summed E-state index contributed by atoms with van der Waals surface area (Å²) in [5.41, 5.74) is 0. The Morgan fingerprint density at radius 2 is 1.09 bits per heavy atom. The first kappa shape index (κ1) is 20.3. The zero-order valence-corrected chi connectivity index (χ0v) is 16.6. The molecule has 0 saturated heterocycles. The average molecular weight is 342 g/mol. The van der Waals surface area contributed by atoms with Crippen LogP contribution < -0.4 is 4.52 Å². The summed E-state index contributed by atoms with van der Waals surface area (Å²) >= 11 is 0. The molecule has 0 spiro atoms. The van der Waals surface area contributed by atoms with Gasteiger partial charge in [-0.2, -0.15) is 0 Å². The van der Waals surface area contributed by atoms with Gasteiger partial charge in [0.25, 0.3) is 0 Å². The highest BCUT2D eigenvalue weighted by Gasteiger charge is 2.35. The van der Waals surface area contributed by atoms with E-state index in [1.807, 2.05) is 0 Å². The molecule has 0 bridgehead atoms. The molecule has 0 amide bonds. The average Bonchev–Trinajstić information content (AvgIpc) is 2.39. The molecular formula is C18H32FN2OP. The van der Waals surface area contributed by atoms with Crippen molar-refractivity contribution < 1.29 is 8.91 Å². The molecule has 23 heavy (non-hydrogen) atoms. The smallest absolute Gasteiger partial charge is 0.249 e. The van der Waals surface area contributed by atoms with E-state index in [0.29, 0.717) is 24.2 Å². The van der Waals surface area contributed by atoms with Crippen molar-refractivity contribution in [2.75, 3.05) is 0 Å². The zero-order chi connectivity index (χ0) is 17.7. The van der Waals surface area contributed by atoms with Crippen LogP contribution in [0.15, 0.2) is 24.3 Å². The van der Waals surface area contributed by atoms with E-state index in [1.54, 1.807) is 12.1 Å². The fourth-order valence-corrected chi connectivity index (χ4v) is 5.10. The Bertz CT molecular complexity index is 427. The summed E-state index contributed by atoms with van der Waals surface area (Å²) < 4.78 is 24.4. The summed E-state index contributed by atoms with van der Waals surface area (Å²) in [5, 5.41) is 0. The first-order chi connectivity index (χ1) is 10.6. The van der Waals surface area contributed by atoms with Crippen LogP contribution in [0.3, 0.4) is 0 Å². The summed E-state index contributed by atoms with van der Waals surface area (Å²) in [6, 6.07) is 7.77. The molecule has 0 atom stereocenters. The van der Waals surface area contributed by atoms with Crippen molar-refractivity contribution >= 4 is 8.45 Å². The largest absolute Gasteiger partial charge is 0.444 e. The van der Waals surface area contributed by atoms with E-state index in [0.717, 1.165) is 5.75 Å². The van der Waals surface area contributed by atoms with Crippen LogP contribution in [0.1, 0.15) is 55.4 Å². The monoisotopic (exact) mass is 342 g/mol. The molecule has 3 nitrogen and oxygen atoms in total. The Morgan fingerprint density at radius 1 is 0.739 bits per heavy atom. The van der Waals surface area contributed by atoms with Crippen LogP contribution in [-0.2, 0) is 0 Å². The second-order valence-electron chi connectivity index (χ2n) is 6.93. The van der Waals surface area contributed by atoms with Gasteiger partial charge in [0.2, 0.25) is 8.45 Å². The summed E-state index contributed by atoms with van der Waals surface area (Å²) in [4.78, 5) is 0. The van der Waals surface area contributed by atoms with E-state index in [4.69, 9.17) is 4.52 Å². The van der Waals surface area contributed by atoms with Crippen molar-refractivity contribution in [3.63, 3.8) is 0 Å². The lowest BCUT2D eigenvalue weighted by atomic mass is 10.3. The van der Waals surface area contributed by atoms with Gasteiger partial charge < -0.3 is 4.52 Å². The topological polar surface area (TPSA) is 15.7 Å². The second-order valence-corrected chi connectivity index (χ2v) is 8.54. The van der Waals surface area contributed by atoms with Crippen molar-refractivity contribution in [3.05, 3.63) is 30.1 Å².